The van der Waals surface area contributed by atoms with Crippen LogP contribution in [-0.2, 0) is 7.05 Å². The summed E-state index contributed by atoms with van der Waals surface area (Å²) in [7, 11) is 2.00. The topological polar surface area (TPSA) is 29.9 Å². The van der Waals surface area contributed by atoms with Gasteiger partial charge in [-0.25, -0.2) is 0 Å². The minimum Gasteiger partial charge on any atom is -0.309 e. The van der Waals surface area contributed by atoms with Gasteiger partial charge in [0.25, 0.3) is 0 Å². The highest BCUT2D eigenvalue weighted by Crippen LogP contribution is 2.26. The molecule has 0 fully saturated rings. The summed E-state index contributed by atoms with van der Waals surface area (Å²) in [4.78, 5) is 0. The van der Waals surface area contributed by atoms with Gasteiger partial charge in [0, 0.05) is 12.4 Å². The molecule has 1 aromatic carbocycles. The quantitative estimate of drug-likeness (QED) is 0.790. The lowest BCUT2D eigenvalue weighted by Crippen LogP contribution is -2.21. The van der Waals surface area contributed by atoms with E-state index in [4.69, 9.17) is 0 Å². The third-order valence-corrected chi connectivity index (χ3v) is 3.23. The minimum atomic E-state index is 0.305. The second-order valence-corrected chi connectivity index (χ2v) is 4.50. The van der Waals surface area contributed by atoms with Crippen molar-refractivity contribution in [3.63, 3.8) is 0 Å². The van der Waals surface area contributed by atoms with Gasteiger partial charge in [-0.2, -0.15) is 5.10 Å². The fraction of sp³-hybridized carbons (Fsp3) is 0.400. The zero-order valence-corrected chi connectivity index (χ0v) is 11.2. The molecule has 2 aromatic rings. The van der Waals surface area contributed by atoms with Crippen molar-refractivity contribution in [1.82, 2.24) is 15.1 Å². The molecule has 3 nitrogen and oxygen atoms in total. The molecule has 1 atom stereocenters. The second kappa shape index (κ2) is 5.83. The first-order valence-electron chi connectivity index (χ1n) is 6.53. The number of fused-ring (bicyclic) bond motifs is 1. The normalized spacial score (nSPS) is 12.8. The Labute approximate surface area is 109 Å². The molecule has 3 heteroatoms. The van der Waals surface area contributed by atoms with E-state index >= 15 is 0 Å². The zero-order valence-electron chi connectivity index (χ0n) is 11.2. The monoisotopic (exact) mass is 243 g/mol. The Morgan fingerprint density at radius 3 is 2.94 bits per heavy atom. The number of hydrogen-bond donors (Lipinski definition) is 1. The van der Waals surface area contributed by atoms with E-state index in [0.29, 0.717) is 6.04 Å². The van der Waals surface area contributed by atoms with Crippen molar-refractivity contribution in [1.29, 1.82) is 0 Å². The van der Waals surface area contributed by atoms with Crippen LogP contribution in [-0.4, -0.2) is 16.3 Å². The fourth-order valence-electron chi connectivity index (χ4n) is 2.37. The van der Waals surface area contributed by atoms with E-state index in [2.05, 4.69) is 48.2 Å². The first kappa shape index (κ1) is 12.8. The van der Waals surface area contributed by atoms with Crippen LogP contribution in [0.5, 0.6) is 0 Å². The average Bonchev–Trinajstić information content (AvgIpc) is 2.73. The molecular formula is C15H21N3. The van der Waals surface area contributed by atoms with Gasteiger partial charge < -0.3 is 5.32 Å². The van der Waals surface area contributed by atoms with Gasteiger partial charge in [-0.3, -0.25) is 4.68 Å². The number of nitrogens with one attached hydrogen (secondary N) is 1. The summed E-state index contributed by atoms with van der Waals surface area (Å²) in [5.74, 6) is 0. The van der Waals surface area contributed by atoms with E-state index < -0.39 is 0 Å². The predicted molar refractivity (Wildman–Crippen MR) is 76.6 cm³/mol. The van der Waals surface area contributed by atoms with Crippen LogP contribution < -0.4 is 5.32 Å². The Morgan fingerprint density at radius 2 is 2.22 bits per heavy atom. The van der Waals surface area contributed by atoms with Crippen LogP contribution in [0.2, 0.25) is 0 Å². The predicted octanol–water partition coefficient (Wildman–Crippen LogP) is 3.19. The van der Waals surface area contributed by atoms with Gasteiger partial charge in [-0.15, -0.1) is 6.58 Å². The maximum absolute atomic E-state index is 4.68. The third-order valence-electron chi connectivity index (χ3n) is 3.23. The molecular weight excluding hydrogens is 222 g/mol. The summed E-state index contributed by atoms with van der Waals surface area (Å²) < 4.78 is 1.96. The van der Waals surface area contributed by atoms with Crippen LogP contribution in [0.15, 0.2) is 36.9 Å². The number of nitrogens with zero attached hydrogens (tertiary/aromatic N) is 2. The number of hydrogen-bond acceptors (Lipinski definition) is 2. The van der Waals surface area contributed by atoms with Crippen molar-refractivity contribution in [2.75, 3.05) is 6.54 Å². The molecule has 0 aliphatic rings. The molecule has 0 bridgehead atoms. The van der Waals surface area contributed by atoms with Crippen molar-refractivity contribution in [2.24, 2.45) is 7.05 Å². The van der Waals surface area contributed by atoms with Crippen molar-refractivity contribution < 1.29 is 0 Å². The maximum Gasteiger partial charge on any atom is 0.0872 e. The summed E-state index contributed by atoms with van der Waals surface area (Å²) in [6.07, 6.45) is 4.01. The highest BCUT2D eigenvalue weighted by molar-refractivity contribution is 5.82. The molecule has 0 amide bonds. The molecule has 2 rings (SSSR count). The standard InChI is InChI=1S/C15H21N3/c1-4-6-10-13(16-5-2)15-12-9-7-8-11-14(12)18(3)17-15/h4,7-9,11,13,16H,1,5-6,10H2,2-3H3. The van der Waals surface area contributed by atoms with E-state index in [1.54, 1.807) is 0 Å². The highest BCUT2D eigenvalue weighted by Gasteiger charge is 2.17. The Bertz CT molecular complexity index is 528. The number of benzene rings is 1. The fourth-order valence-corrected chi connectivity index (χ4v) is 2.37. The first-order valence-corrected chi connectivity index (χ1v) is 6.53. The van der Waals surface area contributed by atoms with Gasteiger partial charge in [0.05, 0.1) is 17.3 Å². The summed E-state index contributed by atoms with van der Waals surface area (Å²) in [5.41, 5.74) is 2.34. The van der Waals surface area contributed by atoms with E-state index in [-0.39, 0.29) is 0 Å². The van der Waals surface area contributed by atoms with Crippen molar-refractivity contribution in [2.45, 2.75) is 25.8 Å². The van der Waals surface area contributed by atoms with E-state index in [9.17, 15) is 0 Å². The molecule has 1 heterocycles. The zero-order chi connectivity index (χ0) is 13.0. The van der Waals surface area contributed by atoms with Crippen molar-refractivity contribution in [3.8, 4) is 0 Å². The summed E-state index contributed by atoms with van der Waals surface area (Å²) in [5, 5.41) is 9.44. The second-order valence-electron chi connectivity index (χ2n) is 4.50. The lowest BCUT2D eigenvalue weighted by molar-refractivity contribution is 0.504. The van der Waals surface area contributed by atoms with E-state index in [1.165, 1.54) is 10.9 Å². The van der Waals surface area contributed by atoms with Crippen LogP contribution >= 0.6 is 0 Å². The molecule has 0 spiro atoms. The lowest BCUT2D eigenvalue weighted by atomic mass is 10.0. The third kappa shape index (κ3) is 2.46. The van der Waals surface area contributed by atoms with Gasteiger partial charge in [0.15, 0.2) is 0 Å². The average molecular weight is 243 g/mol. The van der Waals surface area contributed by atoms with Gasteiger partial charge in [0.2, 0.25) is 0 Å². The van der Waals surface area contributed by atoms with Gasteiger partial charge >= 0.3 is 0 Å². The van der Waals surface area contributed by atoms with Gasteiger partial charge in [0.1, 0.15) is 0 Å². The van der Waals surface area contributed by atoms with Crippen LogP contribution in [0, 0.1) is 0 Å². The molecule has 0 saturated carbocycles. The molecule has 0 saturated heterocycles. The van der Waals surface area contributed by atoms with Gasteiger partial charge in [-0.1, -0.05) is 31.2 Å². The van der Waals surface area contributed by atoms with Crippen LogP contribution in [0.3, 0.4) is 0 Å². The number of aryl methyl sites for hydroxylation is 1. The van der Waals surface area contributed by atoms with Crippen LogP contribution in [0.4, 0.5) is 0 Å². The van der Waals surface area contributed by atoms with Crippen molar-refractivity contribution >= 4 is 10.9 Å². The Balaban J connectivity index is 2.40. The van der Waals surface area contributed by atoms with E-state index in [0.717, 1.165) is 25.1 Å². The van der Waals surface area contributed by atoms with Crippen LogP contribution in [0.1, 0.15) is 31.5 Å². The lowest BCUT2D eigenvalue weighted by Gasteiger charge is -2.15. The van der Waals surface area contributed by atoms with Crippen molar-refractivity contribution in [3.05, 3.63) is 42.6 Å². The molecule has 1 aromatic heterocycles. The van der Waals surface area contributed by atoms with Gasteiger partial charge in [-0.05, 0) is 25.5 Å². The first-order chi connectivity index (χ1) is 8.77. The SMILES string of the molecule is C=CCCC(NCC)c1nn(C)c2ccccc12. The molecule has 18 heavy (non-hydrogen) atoms. The molecule has 1 unspecified atom stereocenters. The molecule has 0 aliphatic carbocycles. The number of aromatic nitrogens is 2. The Hall–Kier alpha value is -1.61. The summed E-state index contributed by atoms with van der Waals surface area (Å²) in [6.45, 7) is 6.88. The molecule has 1 N–H and O–H groups in total. The Kier molecular flexibility index (Phi) is 4.15. The molecule has 0 radical (unpaired) electrons. The van der Waals surface area contributed by atoms with Crippen LogP contribution in [0.25, 0.3) is 10.9 Å². The minimum absolute atomic E-state index is 0.305. The van der Waals surface area contributed by atoms with E-state index in [1.807, 2.05) is 17.8 Å². The molecule has 0 aliphatic heterocycles. The highest BCUT2D eigenvalue weighted by atomic mass is 15.3. The maximum atomic E-state index is 4.68. The Morgan fingerprint density at radius 1 is 1.44 bits per heavy atom. The summed E-state index contributed by atoms with van der Waals surface area (Å²) >= 11 is 0. The smallest absolute Gasteiger partial charge is 0.0872 e. The summed E-state index contributed by atoms with van der Waals surface area (Å²) in [6, 6.07) is 8.70. The largest absolute Gasteiger partial charge is 0.309 e. The molecule has 96 valence electrons. The number of rotatable bonds is 6. The number of para-hydroxylation sites is 1. The number of allylic oxidation sites excluding steroid dienone is 1.